The molecule has 3 aromatic carbocycles. The van der Waals surface area contributed by atoms with Gasteiger partial charge in [0, 0.05) is 34.7 Å². The summed E-state index contributed by atoms with van der Waals surface area (Å²) in [4.78, 5) is 45.5. The molecule has 3 heterocycles. The largest absolute Gasteiger partial charge is 0.492 e. The summed E-state index contributed by atoms with van der Waals surface area (Å²) in [7, 11) is 0. The number of Topliss-reactive ketones (excluding diaryl/α,β-unsaturated/α-hetero) is 3. The molecule has 0 unspecified atom stereocenters. The van der Waals surface area contributed by atoms with Crippen LogP contribution in [0.2, 0.25) is 0 Å². The van der Waals surface area contributed by atoms with Gasteiger partial charge in [0.05, 0.1) is 5.56 Å². The van der Waals surface area contributed by atoms with Crippen molar-refractivity contribution < 1.29 is 19.1 Å². The number of hydrogen-bond acceptors (Lipinski definition) is 6. The number of hydrogen-bond donors (Lipinski definition) is 0. The average Bonchev–Trinajstić information content (AvgIpc) is 3.51. The van der Waals surface area contributed by atoms with E-state index in [4.69, 9.17) is 4.74 Å². The lowest BCUT2D eigenvalue weighted by Gasteiger charge is -2.47. The van der Waals surface area contributed by atoms with Crippen LogP contribution in [-0.4, -0.2) is 52.1 Å². The summed E-state index contributed by atoms with van der Waals surface area (Å²) < 4.78 is 6.27. The van der Waals surface area contributed by atoms with Gasteiger partial charge in [-0.05, 0) is 17.7 Å². The molecule has 6 heteroatoms. The van der Waals surface area contributed by atoms with E-state index in [1.165, 1.54) is 0 Å². The van der Waals surface area contributed by atoms with Gasteiger partial charge >= 0.3 is 0 Å². The van der Waals surface area contributed by atoms with Crippen molar-refractivity contribution >= 4 is 29.1 Å². The van der Waals surface area contributed by atoms with Gasteiger partial charge in [-0.1, -0.05) is 66.7 Å². The zero-order valence-corrected chi connectivity index (χ0v) is 19.1. The number of ketones is 3. The number of ether oxygens (including phenoxy) is 1. The molecule has 0 amide bonds. The molecule has 0 N–H and O–H groups in total. The summed E-state index contributed by atoms with van der Waals surface area (Å²) in [5, 5.41) is 0. The average molecular weight is 468 g/mol. The number of carbonyl (C=O) groups is 3. The fraction of sp³-hybridized carbons (Fsp3) is 0.250. The van der Waals surface area contributed by atoms with Gasteiger partial charge in [0.2, 0.25) is 0 Å². The van der Waals surface area contributed by atoms with E-state index in [1.54, 1.807) is 48.2 Å². The number of thioether (sulfide) groups is 1. The number of carbonyl (C=O) groups excluding carboxylic acids is 3. The first-order valence-corrected chi connectivity index (χ1v) is 12.6. The van der Waals surface area contributed by atoms with E-state index in [1.807, 2.05) is 47.4 Å². The van der Waals surface area contributed by atoms with Crippen molar-refractivity contribution in [2.75, 3.05) is 18.2 Å². The molecule has 7 rings (SSSR count). The summed E-state index contributed by atoms with van der Waals surface area (Å²) in [6.07, 6.45) is 0. The molecule has 168 valence electrons. The fourth-order valence-corrected chi connectivity index (χ4v) is 8.17. The predicted octanol–water partition coefficient (Wildman–Crippen LogP) is 4.24. The van der Waals surface area contributed by atoms with Crippen molar-refractivity contribution in [1.82, 2.24) is 4.90 Å². The molecule has 2 saturated heterocycles. The SMILES string of the molecule is O=C1c2ccccc2C(=O)C12N1CSC[C@@H]1[C@@H](c1ccccc1)[C@@]21COc2ccccc2C1=O. The first-order chi connectivity index (χ1) is 16.6. The highest BCUT2D eigenvalue weighted by molar-refractivity contribution is 7.99. The van der Waals surface area contributed by atoms with E-state index in [9.17, 15) is 14.4 Å². The minimum absolute atomic E-state index is 0.00839. The van der Waals surface area contributed by atoms with Crippen molar-refractivity contribution in [2.45, 2.75) is 17.5 Å². The molecule has 2 spiro atoms. The van der Waals surface area contributed by atoms with Crippen LogP contribution in [-0.2, 0) is 0 Å². The third kappa shape index (κ3) is 2.14. The number of nitrogens with zero attached hydrogens (tertiary/aromatic N) is 1. The maximum absolute atomic E-state index is 14.6. The molecule has 0 aromatic heterocycles. The molecule has 0 radical (unpaired) electrons. The van der Waals surface area contributed by atoms with E-state index in [0.717, 1.165) is 11.3 Å². The maximum Gasteiger partial charge on any atom is 0.193 e. The van der Waals surface area contributed by atoms with Crippen LogP contribution in [0, 0.1) is 5.41 Å². The molecule has 5 nitrogen and oxygen atoms in total. The van der Waals surface area contributed by atoms with Gasteiger partial charge in [0.25, 0.3) is 0 Å². The third-order valence-electron chi connectivity index (χ3n) is 8.14. The van der Waals surface area contributed by atoms with Crippen molar-refractivity contribution in [2.24, 2.45) is 5.41 Å². The second kappa shape index (κ2) is 6.90. The molecule has 4 aliphatic rings. The summed E-state index contributed by atoms with van der Waals surface area (Å²) >= 11 is 1.71. The van der Waals surface area contributed by atoms with Crippen molar-refractivity contribution in [3.8, 4) is 5.75 Å². The second-order valence-corrected chi connectivity index (χ2v) is 10.4. The van der Waals surface area contributed by atoms with Gasteiger partial charge in [-0.25, -0.2) is 0 Å². The Morgan fingerprint density at radius 3 is 2.09 bits per heavy atom. The lowest BCUT2D eigenvalue weighted by molar-refractivity contribution is 0.0121. The lowest BCUT2D eigenvalue weighted by atomic mass is 9.57. The first kappa shape index (κ1) is 20.2. The Labute approximate surface area is 201 Å². The van der Waals surface area contributed by atoms with E-state index >= 15 is 0 Å². The van der Waals surface area contributed by atoms with Gasteiger partial charge in [0.1, 0.15) is 17.8 Å². The van der Waals surface area contributed by atoms with Crippen LogP contribution in [0.1, 0.15) is 42.6 Å². The molecule has 0 bridgehead atoms. The van der Waals surface area contributed by atoms with Crippen LogP contribution in [0.4, 0.5) is 0 Å². The molecule has 3 aromatic rings. The topological polar surface area (TPSA) is 63.7 Å². The highest BCUT2D eigenvalue weighted by atomic mass is 32.2. The first-order valence-electron chi connectivity index (χ1n) is 11.5. The van der Waals surface area contributed by atoms with E-state index < -0.39 is 11.0 Å². The summed E-state index contributed by atoms with van der Waals surface area (Å²) in [6, 6.07) is 23.9. The van der Waals surface area contributed by atoms with Gasteiger partial charge in [-0.3, -0.25) is 19.3 Å². The number of fused-ring (bicyclic) bond motifs is 5. The Hall–Kier alpha value is -3.22. The smallest absolute Gasteiger partial charge is 0.193 e. The molecule has 3 atom stereocenters. The molecule has 0 saturated carbocycles. The highest BCUT2D eigenvalue weighted by Gasteiger charge is 2.81. The zero-order chi connectivity index (χ0) is 23.1. The predicted molar refractivity (Wildman–Crippen MR) is 129 cm³/mol. The van der Waals surface area contributed by atoms with Crippen LogP contribution >= 0.6 is 11.8 Å². The highest BCUT2D eigenvalue weighted by Crippen LogP contribution is 2.65. The minimum atomic E-state index is -1.62. The van der Waals surface area contributed by atoms with Gasteiger partial charge in [-0.2, -0.15) is 0 Å². The third-order valence-corrected chi connectivity index (χ3v) is 9.17. The Bertz CT molecular complexity index is 1350. The standard InChI is InChI=1S/C28H21NO4S/c30-24-20-12-6-7-13-22(20)33-15-27(24)23(17-8-2-1-3-9-17)21-14-34-16-29(21)28(27)25(31)18-10-4-5-11-19(18)26(28)32/h1-13,21,23H,14-16H2/t21-,23-,27-/m1/s1. The molecular formula is C28H21NO4S. The van der Waals surface area contributed by atoms with E-state index in [-0.39, 0.29) is 35.9 Å². The van der Waals surface area contributed by atoms with Crippen LogP contribution in [0.3, 0.4) is 0 Å². The Balaban J connectivity index is 1.57. The number of rotatable bonds is 1. The van der Waals surface area contributed by atoms with Gasteiger partial charge in [-0.15, -0.1) is 11.8 Å². The summed E-state index contributed by atoms with van der Waals surface area (Å²) in [5.41, 5.74) is -0.757. The van der Waals surface area contributed by atoms with Crippen LogP contribution in [0.5, 0.6) is 5.75 Å². The fourth-order valence-electron chi connectivity index (χ4n) is 6.87. The van der Waals surface area contributed by atoms with Crippen molar-refractivity contribution in [3.63, 3.8) is 0 Å². The zero-order valence-electron chi connectivity index (χ0n) is 18.3. The van der Waals surface area contributed by atoms with E-state index in [0.29, 0.717) is 28.3 Å². The Morgan fingerprint density at radius 2 is 1.38 bits per heavy atom. The molecule has 3 aliphatic heterocycles. The lowest BCUT2D eigenvalue weighted by Crippen LogP contribution is -2.67. The van der Waals surface area contributed by atoms with Crippen molar-refractivity contribution in [1.29, 1.82) is 0 Å². The van der Waals surface area contributed by atoms with Gasteiger partial charge in [0.15, 0.2) is 22.9 Å². The second-order valence-electron chi connectivity index (χ2n) is 9.42. The Kier molecular flexibility index (Phi) is 4.10. The normalized spacial score (nSPS) is 28.8. The molecule has 34 heavy (non-hydrogen) atoms. The molecule has 2 fully saturated rings. The van der Waals surface area contributed by atoms with Crippen molar-refractivity contribution in [3.05, 3.63) is 101 Å². The van der Waals surface area contributed by atoms with Crippen LogP contribution in [0.25, 0.3) is 0 Å². The van der Waals surface area contributed by atoms with Crippen LogP contribution in [0.15, 0.2) is 78.9 Å². The molecular weight excluding hydrogens is 446 g/mol. The summed E-state index contributed by atoms with van der Waals surface area (Å²) in [5.74, 6) is 0.719. The van der Waals surface area contributed by atoms with Gasteiger partial charge < -0.3 is 4.74 Å². The number of para-hydroxylation sites is 1. The van der Waals surface area contributed by atoms with E-state index in [2.05, 4.69) is 0 Å². The Morgan fingerprint density at radius 1 is 0.765 bits per heavy atom. The number of benzene rings is 3. The summed E-state index contributed by atoms with van der Waals surface area (Å²) in [6.45, 7) is -0.00839. The maximum atomic E-state index is 14.6. The quantitative estimate of drug-likeness (QED) is 0.499. The van der Waals surface area contributed by atoms with Crippen LogP contribution < -0.4 is 4.74 Å². The minimum Gasteiger partial charge on any atom is -0.492 e. The molecule has 1 aliphatic carbocycles. The monoisotopic (exact) mass is 467 g/mol.